The average Bonchev–Trinajstić information content (AvgIpc) is 2.29. The van der Waals surface area contributed by atoms with Crippen LogP contribution in [0.5, 0.6) is 11.5 Å². The lowest BCUT2D eigenvalue weighted by atomic mass is 10.1. The van der Waals surface area contributed by atoms with E-state index >= 15 is 0 Å². The maximum atomic E-state index is 11.3. The van der Waals surface area contributed by atoms with Crippen molar-refractivity contribution >= 4 is 11.5 Å². The van der Waals surface area contributed by atoms with Gasteiger partial charge in [-0.2, -0.15) is 0 Å². The molecule has 0 aliphatic heterocycles. The quantitative estimate of drug-likeness (QED) is 0.644. The van der Waals surface area contributed by atoms with Crippen LogP contribution in [0.3, 0.4) is 0 Å². The molecule has 0 fully saturated rings. The number of aromatic hydroxyl groups is 1. The molecule has 1 aromatic carbocycles. The molecule has 0 saturated carbocycles. The molecule has 1 N–H and O–H groups in total. The molecule has 0 bridgehead atoms. The third-order valence-electron chi connectivity index (χ3n) is 2.26. The molecule has 0 aromatic heterocycles. The van der Waals surface area contributed by atoms with Crippen LogP contribution in [0, 0.1) is 0 Å². The van der Waals surface area contributed by atoms with Crippen molar-refractivity contribution in [3.8, 4) is 11.5 Å². The summed E-state index contributed by atoms with van der Waals surface area (Å²) >= 11 is 0. The number of esters is 1. The second kappa shape index (κ2) is 5.94. The lowest BCUT2D eigenvalue weighted by molar-refractivity contribution is -0.137. The van der Waals surface area contributed by atoms with Crippen molar-refractivity contribution in [2.45, 2.75) is 13.8 Å². The highest BCUT2D eigenvalue weighted by Gasteiger charge is 2.09. The van der Waals surface area contributed by atoms with Crippen LogP contribution in [0.1, 0.15) is 19.4 Å². The lowest BCUT2D eigenvalue weighted by Gasteiger charge is -2.08. The van der Waals surface area contributed by atoms with Gasteiger partial charge in [0.15, 0.2) is 11.5 Å². The fraction of sp³-hybridized carbons (Fsp3) is 0.308. The van der Waals surface area contributed by atoms with Crippen LogP contribution in [0.25, 0.3) is 5.57 Å². The molecule has 0 saturated heterocycles. The lowest BCUT2D eigenvalue weighted by Crippen LogP contribution is -2.00. The summed E-state index contributed by atoms with van der Waals surface area (Å²) in [6.45, 7) is 3.79. The summed E-state index contributed by atoms with van der Waals surface area (Å²) < 4.78 is 9.80. The number of phenolic OH excluding ortho intramolecular Hbond substituents is 1. The van der Waals surface area contributed by atoms with Crippen LogP contribution in [0.15, 0.2) is 24.3 Å². The zero-order valence-electron chi connectivity index (χ0n) is 10.2. The van der Waals surface area contributed by atoms with Crippen molar-refractivity contribution in [3.05, 3.63) is 29.8 Å². The predicted molar refractivity (Wildman–Crippen MR) is 64.9 cm³/mol. The van der Waals surface area contributed by atoms with Crippen LogP contribution < -0.4 is 4.74 Å². The first-order chi connectivity index (χ1) is 8.10. The van der Waals surface area contributed by atoms with Crippen molar-refractivity contribution in [2.24, 2.45) is 0 Å². The van der Waals surface area contributed by atoms with Gasteiger partial charge >= 0.3 is 5.97 Å². The van der Waals surface area contributed by atoms with Crippen molar-refractivity contribution in [1.29, 1.82) is 0 Å². The summed E-state index contributed by atoms with van der Waals surface area (Å²) in [5, 5.41) is 9.88. The molecule has 1 rings (SSSR count). The van der Waals surface area contributed by atoms with Crippen molar-refractivity contribution < 1.29 is 19.4 Å². The molecule has 0 unspecified atom stereocenters. The smallest absolute Gasteiger partial charge is 0.331 e. The van der Waals surface area contributed by atoms with Crippen LogP contribution in [-0.4, -0.2) is 24.8 Å². The van der Waals surface area contributed by atoms with E-state index in [-0.39, 0.29) is 5.75 Å². The Bertz CT molecular complexity index is 435. The molecule has 17 heavy (non-hydrogen) atoms. The predicted octanol–water partition coefficient (Wildman–Crippen LogP) is 2.37. The van der Waals surface area contributed by atoms with Gasteiger partial charge in [-0.05, 0) is 25.5 Å². The molecule has 1 aromatic rings. The topological polar surface area (TPSA) is 55.8 Å². The first-order valence-corrected chi connectivity index (χ1v) is 5.31. The summed E-state index contributed by atoms with van der Waals surface area (Å²) in [6.07, 6.45) is 1.35. The molecule has 0 radical (unpaired) electrons. The molecular formula is C13H16O4. The van der Waals surface area contributed by atoms with Crippen LogP contribution in [-0.2, 0) is 9.53 Å². The van der Waals surface area contributed by atoms with Gasteiger partial charge in [0.1, 0.15) is 0 Å². The van der Waals surface area contributed by atoms with Crippen LogP contribution in [0.2, 0.25) is 0 Å². The Morgan fingerprint density at radius 2 is 2.18 bits per heavy atom. The van der Waals surface area contributed by atoms with E-state index in [1.165, 1.54) is 13.2 Å². The average molecular weight is 236 g/mol. The number of methoxy groups -OCH3 is 1. The van der Waals surface area contributed by atoms with Crippen LogP contribution >= 0.6 is 0 Å². The van der Waals surface area contributed by atoms with Crippen molar-refractivity contribution in [3.63, 3.8) is 0 Å². The fourth-order valence-electron chi connectivity index (χ4n) is 1.44. The third-order valence-corrected chi connectivity index (χ3v) is 2.26. The maximum absolute atomic E-state index is 11.3. The Labute approximate surface area is 100 Å². The maximum Gasteiger partial charge on any atom is 0.331 e. The Balaban J connectivity index is 3.04. The molecule has 4 nitrogen and oxygen atoms in total. The van der Waals surface area contributed by atoms with Gasteiger partial charge < -0.3 is 14.6 Å². The number of ether oxygens (including phenoxy) is 2. The molecule has 4 heteroatoms. The van der Waals surface area contributed by atoms with Gasteiger partial charge in [0.05, 0.1) is 13.7 Å². The number of allylic oxidation sites excluding steroid dienone is 1. The summed E-state index contributed by atoms with van der Waals surface area (Å²) in [6, 6.07) is 5.11. The molecule has 0 aliphatic rings. The molecule has 0 amide bonds. The van der Waals surface area contributed by atoms with E-state index in [0.717, 1.165) is 0 Å². The summed E-state index contributed by atoms with van der Waals surface area (Å²) in [5.41, 5.74) is 1.18. The van der Waals surface area contributed by atoms with Crippen molar-refractivity contribution in [2.75, 3.05) is 13.7 Å². The minimum absolute atomic E-state index is 0.0213. The highest BCUT2D eigenvalue weighted by molar-refractivity contribution is 5.92. The fourth-order valence-corrected chi connectivity index (χ4v) is 1.44. The van der Waals surface area contributed by atoms with E-state index in [9.17, 15) is 9.90 Å². The SMILES string of the molecule is CCOC(=O)/C=C(\C)c1cccc(OC)c1O. The number of para-hydroxylation sites is 1. The number of rotatable bonds is 4. The van der Waals surface area contributed by atoms with E-state index in [1.54, 1.807) is 32.0 Å². The second-order valence-electron chi connectivity index (χ2n) is 3.44. The molecule has 0 spiro atoms. The molecule has 0 aliphatic carbocycles. The number of phenols is 1. The van der Waals surface area contributed by atoms with Crippen molar-refractivity contribution in [1.82, 2.24) is 0 Å². The van der Waals surface area contributed by atoms with Gasteiger partial charge in [-0.25, -0.2) is 4.79 Å². The number of carbonyl (C=O) groups excluding carboxylic acids is 1. The van der Waals surface area contributed by atoms with Gasteiger partial charge in [0.2, 0.25) is 0 Å². The monoisotopic (exact) mass is 236 g/mol. The molecular weight excluding hydrogens is 220 g/mol. The molecule has 0 heterocycles. The Morgan fingerprint density at radius 1 is 1.47 bits per heavy atom. The number of benzene rings is 1. The first kappa shape index (κ1) is 13.1. The van der Waals surface area contributed by atoms with E-state index in [0.29, 0.717) is 23.5 Å². The Kier molecular flexibility index (Phi) is 4.57. The Morgan fingerprint density at radius 3 is 2.76 bits per heavy atom. The van der Waals surface area contributed by atoms with E-state index in [2.05, 4.69) is 0 Å². The van der Waals surface area contributed by atoms with Gasteiger partial charge in [0.25, 0.3) is 0 Å². The zero-order valence-corrected chi connectivity index (χ0v) is 10.2. The second-order valence-corrected chi connectivity index (χ2v) is 3.44. The minimum atomic E-state index is -0.424. The molecule has 92 valence electrons. The number of carbonyl (C=O) groups is 1. The van der Waals surface area contributed by atoms with Gasteiger partial charge in [-0.3, -0.25) is 0 Å². The van der Waals surface area contributed by atoms with E-state index in [4.69, 9.17) is 9.47 Å². The third kappa shape index (κ3) is 3.24. The zero-order chi connectivity index (χ0) is 12.8. The van der Waals surface area contributed by atoms with Gasteiger partial charge in [-0.15, -0.1) is 0 Å². The summed E-state index contributed by atoms with van der Waals surface area (Å²) in [4.78, 5) is 11.3. The van der Waals surface area contributed by atoms with E-state index in [1.807, 2.05) is 0 Å². The highest BCUT2D eigenvalue weighted by atomic mass is 16.5. The summed E-state index contributed by atoms with van der Waals surface area (Å²) in [7, 11) is 1.48. The normalized spacial score (nSPS) is 11.1. The minimum Gasteiger partial charge on any atom is -0.504 e. The largest absolute Gasteiger partial charge is 0.504 e. The Hall–Kier alpha value is -1.97. The standard InChI is InChI=1S/C13H16O4/c1-4-17-12(14)8-9(2)10-6-5-7-11(16-3)13(10)15/h5-8,15H,4H2,1-3H3/b9-8+. The van der Waals surface area contributed by atoms with Crippen LogP contribution in [0.4, 0.5) is 0 Å². The van der Waals surface area contributed by atoms with Gasteiger partial charge in [0, 0.05) is 11.6 Å². The number of hydrogen-bond acceptors (Lipinski definition) is 4. The van der Waals surface area contributed by atoms with E-state index < -0.39 is 5.97 Å². The molecule has 0 atom stereocenters. The first-order valence-electron chi connectivity index (χ1n) is 5.31. The highest BCUT2D eigenvalue weighted by Crippen LogP contribution is 2.33. The van der Waals surface area contributed by atoms with Gasteiger partial charge in [-0.1, -0.05) is 12.1 Å². The number of hydrogen-bond donors (Lipinski definition) is 1. The summed E-state index contributed by atoms with van der Waals surface area (Å²) in [5.74, 6) is -0.0284.